The van der Waals surface area contributed by atoms with Crippen LogP contribution in [0.2, 0.25) is 0 Å². The maximum Gasteiger partial charge on any atom is 0.418 e. The van der Waals surface area contributed by atoms with Crippen LogP contribution in [0.25, 0.3) is 0 Å². The molecule has 0 fully saturated rings. The first kappa shape index (κ1) is 18.2. The van der Waals surface area contributed by atoms with Gasteiger partial charge in [0, 0.05) is 19.3 Å². The van der Waals surface area contributed by atoms with Crippen molar-refractivity contribution < 1.29 is 31.5 Å². The van der Waals surface area contributed by atoms with Crippen LogP contribution in [0.1, 0.15) is 12.5 Å². The predicted molar refractivity (Wildman–Crippen MR) is 72.9 cm³/mol. The Kier molecular flexibility index (Phi) is 5.08. The van der Waals surface area contributed by atoms with Crippen LogP contribution in [-0.4, -0.2) is 33.1 Å². The van der Waals surface area contributed by atoms with Crippen molar-refractivity contribution in [2.45, 2.75) is 18.0 Å². The number of nitrogens with zero attached hydrogens (tertiary/aromatic N) is 1. The number of aliphatic carboxylic acids is 1. The second-order valence-electron chi connectivity index (χ2n) is 4.84. The van der Waals surface area contributed by atoms with E-state index >= 15 is 0 Å². The van der Waals surface area contributed by atoms with Crippen molar-refractivity contribution in [3.63, 3.8) is 0 Å². The van der Waals surface area contributed by atoms with E-state index in [4.69, 9.17) is 10.2 Å². The monoisotopic (exact) mass is 340 g/mol. The number of primary sulfonamides is 1. The molecule has 0 heterocycles. The molecule has 0 aliphatic rings. The van der Waals surface area contributed by atoms with Crippen LogP contribution in [-0.2, 0) is 21.0 Å². The lowest BCUT2D eigenvalue weighted by atomic mass is 10.1. The smallest absolute Gasteiger partial charge is 0.418 e. The van der Waals surface area contributed by atoms with Gasteiger partial charge in [0.15, 0.2) is 0 Å². The number of benzene rings is 1. The minimum Gasteiger partial charge on any atom is -0.481 e. The van der Waals surface area contributed by atoms with Gasteiger partial charge in [0.05, 0.1) is 16.4 Å². The van der Waals surface area contributed by atoms with E-state index in [1.807, 2.05) is 0 Å². The van der Waals surface area contributed by atoms with Crippen LogP contribution < -0.4 is 10.0 Å². The van der Waals surface area contributed by atoms with Gasteiger partial charge in [0.1, 0.15) is 0 Å². The molecule has 6 nitrogen and oxygen atoms in total. The summed E-state index contributed by atoms with van der Waals surface area (Å²) in [6.45, 7) is 1.18. The van der Waals surface area contributed by atoms with Crippen LogP contribution in [0.4, 0.5) is 18.9 Å². The molecule has 1 aromatic rings. The Morgan fingerprint density at radius 1 is 1.41 bits per heavy atom. The summed E-state index contributed by atoms with van der Waals surface area (Å²) < 4.78 is 61.6. The maximum absolute atomic E-state index is 13.1. The van der Waals surface area contributed by atoms with E-state index in [0.29, 0.717) is 6.07 Å². The molecule has 0 bridgehead atoms. The summed E-state index contributed by atoms with van der Waals surface area (Å²) in [4.78, 5) is 11.2. The Balaban J connectivity index is 3.33. The van der Waals surface area contributed by atoms with Gasteiger partial charge in [-0.1, -0.05) is 6.92 Å². The molecular formula is C12H15F3N2O4S. The first-order valence-corrected chi connectivity index (χ1v) is 7.56. The van der Waals surface area contributed by atoms with Crippen molar-refractivity contribution in [2.75, 3.05) is 18.5 Å². The van der Waals surface area contributed by atoms with Gasteiger partial charge in [-0.05, 0) is 18.2 Å². The normalized spacial score (nSPS) is 13.7. The lowest BCUT2D eigenvalue weighted by molar-refractivity contribution is -0.140. The molecule has 0 aromatic heterocycles. The highest BCUT2D eigenvalue weighted by Crippen LogP contribution is 2.37. The van der Waals surface area contributed by atoms with E-state index in [9.17, 15) is 26.4 Å². The Hall–Kier alpha value is -1.81. The summed E-state index contributed by atoms with van der Waals surface area (Å²) in [6.07, 6.45) is -4.81. The molecule has 0 aliphatic carbocycles. The lowest BCUT2D eigenvalue weighted by Gasteiger charge is -2.25. The standard InChI is InChI=1S/C12H15F3N2O4S/c1-7(11(18)19)6-17(2)10-4-3-8(22(16,20)21)5-9(10)12(13,14)15/h3-5,7H,6H2,1-2H3,(H,18,19)(H2,16,20,21). The van der Waals surface area contributed by atoms with Gasteiger partial charge in [-0.3, -0.25) is 4.79 Å². The van der Waals surface area contributed by atoms with Gasteiger partial charge in [0.2, 0.25) is 10.0 Å². The second-order valence-corrected chi connectivity index (χ2v) is 6.40. The van der Waals surface area contributed by atoms with Crippen molar-refractivity contribution in [1.82, 2.24) is 0 Å². The average Bonchev–Trinajstić information content (AvgIpc) is 2.35. The number of sulfonamides is 1. The molecule has 124 valence electrons. The number of alkyl halides is 3. The SMILES string of the molecule is CC(CN(C)c1ccc(S(N)(=O)=O)cc1C(F)(F)F)C(=O)O. The molecule has 3 N–H and O–H groups in total. The average molecular weight is 340 g/mol. The molecule has 1 atom stereocenters. The van der Waals surface area contributed by atoms with Crippen molar-refractivity contribution in [3.8, 4) is 0 Å². The zero-order valence-electron chi connectivity index (χ0n) is 11.8. The third-order valence-electron chi connectivity index (χ3n) is 2.98. The zero-order chi connectivity index (χ0) is 17.3. The van der Waals surface area contributed by atoms with E-state index in [1.165, 1.54) is 14.0 Å². The number of carbonyl (C=O) groups is 1. The van der Waals surface area contributed by atoms with Crippen LogP contribution in [0.3, 0.4) is 0 Å². The second kappa shape index (κ2) is 6.13. The number of carboxylic acids is 1. The van der Waals surface area contributed by atoms with E-state index in [1.54, 1.807) is 0 Å². The Morgan fingerprint density at radius 2 is 1.95 bits per heavy atom. The number of carboxylic acid groups (broad SMARTS) is 1. The van der Waals surface area contributed by atoms with Gasteiger partial charge in [-0.15, -0.1) is 0 Å². The van der Waals surface area contributed by atoms with E-state index in [2.05, 4.69) is 0 Å². The summed E-state index contributed by atoms with van der Waals surface area (Å²) in [5.41, 5.74) is -1.52. The van der Waals surface area contributed by atoms with Crippen molar-refractivity contribution in [1.29, 1.82) is 0 Å². The minimum atomic E-state index is -4.81. The Labute approximate surface area is 125 Å². The van der Waals surface area contributed by atoms with Crippen LogP contribution in [0, 0.1) is 5.92 Å². The van der Waals surface area contributed by atoms with Gasteiger partial charge < -0.3 is 10.0 Å². The molecule has 1 rings (SSSR count). The molecular weight excluding hydrogens is 325 g/mol. The minimum absolute atomic E-state index is 0.173. The van der Waals surface area contributed by atoms with Crippen LogP contribution >= 0.6 is 0 Å². The lowest BCUT2D eigenvalue weighted by Crippen LogP contribution is -2.30. The molecule has 0 saturated carbocycles. The highest BCUT2D eigenvalue weighted by molar-refractivity contribution is 7.89. The summed E-state index contributed by atoms with van der Waals surface area (Å²) in [7, 11) is -2.98. The van der Waals surface area contributed by atoms with Gasteiger partial charge >= 0.3 is 12.1 Å². The van der Waals surface area contributed by atoms with Gasteiger partial charge in [0.25, 0.3) is 0 Å². The summed E-state index contributed by atoms with van der Waals surface area (Å²) >= 11 is 0. The number of halogens is 3. The van der Waals surface area contributed by atoms with Crippen LogP contribution in [0.15, 0.2) is 23.1 Å². The summed E-state index contributed by atoms with van der Waals surface area (Å²) in [5, 5.41) is 13.6. The highest BCUT2D eigenvalue weighted by Gasteiger charge is 2.36. The van der Waals surface area contributed by atoms with Gasteiger partial charge in [-0.25, -0.2) is 13.6 Å². The molecule has 0 saturated heterocycles. The topological polar surface area (TPSA) is 101 Å². The fourth-order valence-electron chi connectivity index (χ4n) is 1.84. The van der Waals surface area contributed by atoms with E-state index in [0.717, 1.165) is 17.0 Å². The number of hydrogen-bond donors (Lipinski definition) is 2. The largest absolute Gasteiger partial charge is 0.481 e. The number of hydrogen-bond acceptors (Lipinski definition) is 4. The molecule has 10 heteroatoms. The molecule has 0 radical (unpaired) electrons. The Morgan fingerprint density at radius 3 is 2.36 bits per heavy atom. The van der Waals surface area contributed by atoms with Crippen molar-refractivity contribution in [2.24, 2.45) is 11.1 Å². The Bertz CT molecular complexity index is 673. The predicted octanol–water partition coefficient (Wildman–Crippen LogP) is 1.51. The van der Waals surface area contributed by atoms with Crippen molar-refractivity contribution >= 4 is 21.7 Å². The van der Waals surface area contributed by atoms with Gasteiger partial charge in [-0.2, -0.15) is 13.2 Å². The molecule has 22 heavy (non-hydrogen) atoms. The first-order chi connectivity index (χ1) is 9.84. The first-order valence-electron chi connectivity index (χ1n) is 6.02. The quantitative estimate of drug-likeness (QED) is 0.846. The van der Waals surface area contributed by atoms with Crippen molar-refractivity contribution in [3.05, 3.63) is 23.8 Å². The highest BCUT2D eigenvalue weighted by atomic mass is 32.2. The van der Waals surface area contributed by atoms with Crippen LogP contribution in [0.5, 0.6) is 0 Å². The number of rotatable bonds is 5. The zero-order valence-corrected chi connectivity index (χ0v) is 12.6. The fraction of sp³-hybridized carbons (Fsp3) is 0.417. The maximum atomic E-state index is 13.1. The fourth-order valence-corrected chi connectivity index (χ4v) is 2.38. The number of nitrogens with two attached hydrogens (primary N) is 1. The summed E-state index contributed by atoms with van der Waals surface area (Å²) in [5.74, 6) is -2.05. The van der Waals surface area contributed by atoms with E-state index < -0.39 is 38.5 Å². The number of anilines is 1. The molecule has 1 unspecified atom stereocenters. The third kappa shape index (κ3) is 4.34. The van der Waals surface area contributed by atoms with E-state index in [-0.39, 0.29) is 12.2 Å². The third-order valence-corrected chi connectivity index (χ3v) is 3.89. The molecule has 1 aromatic carbocycles. The molecule has 0 aliphatic heterocycles. The summed E-state index contributed by atoms with van der Waals surface area (Å²) in [6, 6.07) is 2.34. The molecule has 0 amide bonds. The molecule has 0 spiro atoms.